The van der Waals surface area contributed by atoms with Crippen molar-refractivity contribution in [2.24, 2.45) is 0 Å². The van der Waals surface area contributed by atoms with Crippen molar-refractivity contribution in [1.82, 2.24) is 9.88 Å². The standard InChI is InChI=1S/C22H17N3O4/c1-14-4-6-16(7-5-14)25-21(28)19(20(27)23-22(25)29)13-17-3-2-12-24(17)15-8-10-18(26)11-9-15/h2-13,26H,1H3,(H,23,27,29)/b19-13+. The summed E-state index contributed by atoms with van der Waals surface area (Å²) in [6.07, 6.45) is 3.21. The van der Waals surface area contributed by atoms with Crippen molar-refractivity contribution in [2.75, 3.05) is 4.90 Å². The van der Waals surface area contributed by atoms with Crippen molar-refractivity contribution in [3.8, 4) is 11.4 Å². The molecule has 1 fully saturated rings. The lowest BCUT2D eigenvalue weighted by atomic mass is 10.1. The van der Waals surface area contributed by atoms with E-state index < -0.39 is 17.8 Å². The fourth-order valence-electron chi connectivity index (χ4n) is 3.09. The van der Waals surface area contributed by atoms with E-state index in [1.54, 1.807) is 71.4 Å². The molecule has 29 heavy (non-hydrogen) atoms. The largest absolute Gasteiger partial charge is 0.508 e. The van der Waals surface area contributed by atoms with Gasteiger partial charge in [0.1, 0.15) is 11.3 Å². The average Bonchev–Trinajstić information content (AvgIpc) is 3.15. The van der Waals surface area contributed by atoms with Gasteiger partial charge in [-0.1, -0.05) is 17.7 Å². The lowest BCUT2D eigenvalue weighted by Gasteiger charge is -2.26. The highest BCUT2D eigenvalue weighted by atomic mass is 16.3. The number of carbonyl (C=O) groups is 3. The minimum atomic E-state index is -0.782. The molecule has 7 nitrogen and oxygen atoms in total. The second-order valence-electron chi connectivity index (χ2n) is 6.61. The molecule has 2 heterocycles. The van der Waals surface area contributed by atoms with Crippen LogP contribution >= 0.6 is 0 Å². The number of benzene rings is 2. The van der Waals surface area contributed by atoms with Crippen molar-refractivity contribution in [1.29, 1.82) is 0 Å². The second kappa shape index (κ2) is 7.12. The Bertz CT molecular complexity index is 1140. The van der Waals surface area contributed by atoms with Crippen LogP contribution in [0.25, 0.3) is 11.8 Å². The van der Waals surface area contributed by atoms with Crippen LogP contribution in [-0.2, 0) is 9.59 Å². The van der Waals surface area contributed by atoms with E-state index in [0.29, 0.717) is 11.4 Å². The van der Waals surface area contributed by atoms with Crippen LogP contribution in [0.3, 0.4) is 0 Å². The van der Waals surface area contributed by atoms with Gasteiger partial charge >= 0.3 is 6.03 Å². The minimum Gasteiger partial charge on any atom is -0.508 e. The van der Waals surface area contributed by atoms with Crippen LogP contribution < -0.4 is 10.2 Å². The van der Waals surface area contributed by atoms with Crippen LogP contribution in [0, 0.1) is 6.92 Å². The molecular formula is C22H17N3O4. The highest BCUT2D eigenvalue weighted by Crippen LogP contribution is 2.24. The number of anilines is 1. The third-order valence-corrected chi connectivity index (χ3v) is 4.59. The summed E-state index contributed by atoms with van der Waals surface area (Å²) in [7, 11) is 0. The average molecular weight is 387 g/mol. The zero-order valence-electron chi connectivity index (χ0n) is 15.5. The first kappa shape index (κ1) is 18.2. The number of barbiturate groups is 1. The summed E-state index contributed by atoms with van der Waals surface area (Å²) >= 11 is 0. The number of rotatable bonds is 3. The highest BCUT2D eigenvalue weighted by molar-refractivity contribution is 6.39. The van der Waals surface area contributed by atoms with E-state index in [1.165, 1.54) is 6.08 Å². The number of urea groups is 1. The van der Waals surface area contributed by atoms with Gasteiger partial charge in [0.15, 0.2) is 0 Å². The number of amides is 4. The van der Waals surface area contributed by atoms with Crippen molar-refractivity contribution in [3.05, 3.63) is 83.7 Å². The Morgan fingerprint density at radius 3 is 2.24 bits per heavy atom. The van der Waals surface area contributed by atoms with Gasteiger partial charge in [-0.2, -0.15) is 0 Å². The van der Waals surface area contributed by atoms with Gasteiger partial charge in [-0.05, 0) is 61.5 Å². The highest BCUT2D eigenvalue weighted by Gasteiger charge is 2.36. The number of imide groups is 2. The molecule has 1 saturated heterocycles. The first-order valence-corrected chi connectivity index (χ1v) is 8.89. The molecule has 7 heteroatoms. The first-order valence-electron chi connectivity index (χ1n) is 8.89. The normalized spacial score (nSPS) is 15.7. The number of nitrogens with zero attached hydrogens (tertiary/aromatic N) is 2. The number of aromatic hydroxyl groups is 1. The third kappa shape index (κ3) is 3.41. The van der Waals surface area contributed by atoms with Crippen LogP contribution in [-0.4, -0.2) is 27.5 Å². The van der Waals surface area contributed by atoms with Gasteiger partial charge in [0, 0.05) is 17.6 Å². The number of aromatic nitrogens is 1. The van der Waals surface area contributed by atoms with Gasteiger partial charge in [-0.25, -0.2) is 9.69 Å². The fourth-order valence-corrected chi connectivity index (χ4v) is 3.09. The Labute approximate surface area is 166 Å². The fraction of sp³-hybridized carbons (Fsp3) is 0.0455. The molecule has 1 aliphatic rings. The summed E-state index contributed by atoms with van der Waals surface area (Å²) in [5.41, 5.74) is 2.54. The molecular weight excluding hydrogens is 370 g/mol. The lowest BCUT2D eigenvalue weighted by molar-refractivity contribution is -0.122. The van der Waals surface area contributed by atoms with Crippen LogP contribution in [0.15, 0.2) is 72.4 Å². The van der Waals surface area contributed by atoms with Crippen LogP contribution in [0.4, 0.5) is 10.5 Å². The third-order valence-electron chi connectivity index (χ3n) is 4.59. The quantitative estimate of drug-likeness (QED) is 0.533. The maximum absolute atomic E-state index is 13.0. The predicted octanol–water partition coefficient (Wildman–Crippen LogP) is 3.16. The van der Waals surface area contributed by atoms with E-state index >= 15 is 0 Å². The number of hydrogen-bond acceptors (Lipinski definition) is 4. The molecule has 0 unspecified atom stereocenters. The number of nitrogens with one attached hydrogen (secondary N) is 1. The minimum absolute atomic E-state index is 0.134. The summed E-state index contributed by atoms with van der Waals surface area (Å²) < 4.78 is 1.76. The van der Waals surface area contributed by atoms with Gasteiger partial charge in [-0.3, -0.25) is 14.9 Å². The summed E-state index contributed by atoms with van der Waals surface area (Å²) in [6.45, 7) is 1.90. The van der Waals surface area contributed by atoms with Gasteiger partial charge in [0.05, 0.1) is 5.69 Å². The molecule has 0 radical (unpaired) electrons. The molecule has 2 aromatic carbocycles. The smallest absolute Gasteiger partial charge is 0.335 e. The molecule has 1 aliphatic heterocycles. The molecule has 0 aliphatic carbocycles. The van der Waals surface area contributed by atoms with Gasteiger partial charge in [0.25, 0.3) is 11.8 Å². The summed E-state index contributed by atoms with van der Waals surface area (Å²) in [5, 5.41) is 11.7. The van der Waals surface area contributed by atoms with Gasteiger partial charge in [0.2, 0.25) is 0 Å². The van der Waals surface area contributed by atoms with Crippen LogP contribution in [0.2, 0.25) is 0 Å². The maximum atomic E-state index is 13.0. The number of hydrogen-bond donors (Lipinski definition) is 2. The van der Waals surface area contributed by atoms with Crippen molar-refractivity contribution in [3.63, 3.8) is 0 Å². The Morgan fingerprint density at radius 1 is 0.897 bits per heavy atom. The van der Waals surface area contributed by atoms with Crippen LogP contribution in [0.5, 0.6) is 5.75 Å². The zero-order chi connectivity index (χ0) is 20.5. The molecule has 144 valence electrons. The van der Waals surface area contributed by atoms with E-state index in [4.69, 9.17) is 0 Å². The topological polar surface area (TPSA) is 91.6 Å². The lowest BCUT2D eigenvalue weighted by Crippen LogP contribution is -2.54. The SMILES string of the molecule is Cc1ccc(N2C(=O)NC(=O)/C(=C\c3cccn3-c3ccc(O)cc3)C2=O)cc1. The van der Waals surface area contributed by atoms with Crippen LogP contribution in [0.1, 0.15) is 11.3 Å². The Kier molecular flexibility index (Phi) is 4.48. The maximum Gasteiger partial charge on any atom is 0.335 e. The molecule has 0 spiro atoms. The van der Waals surface area contributed by atoms with E-state index in [9.17, 15) is 19.5 Å². The van der Waals surface area contributed by atoms with Gasteiger partial charge < -0.3 is 9.67 Å². The summed E-state index contributed by atoms with van der Waals surface area (Å²) in [6, 6.07) is 16.1. The number of phenols is 1. The second-order valence-corrected chi connectivity index (χ2v) is 6.61. The predicted molar refractivity (Wildman–Crippen MR) is 108 cm³/mol. The molecule has 2 N–H and O–H groups in total. The molecule has 0 atom stereocenters. The van der Waals surface area contributed by atoms with E-state index in [2.05, 4.69) is 5.32 Å². The van der Waals surface area contributed by atoms with Gasteiger partial charge in [-0.15, -0.1) is 0 Å². The monoisotopic (exact) mass is 387 g/mol. The Hall–Kier alpha value is -4.13. The van der Waals surface area contributed by atoms with Crippen molar-refractivity contribution >= 4 is 29.6 Å². The number of phenolic OH excluding ortho intramolecular Hbond substituents is 1. The number of carbonyl (C=O) groups excluding carboxylic acids is 3. The Balaban J connectivity index is 1.73. The zero-order valence-corrected chi connectivity index (χ0v) is 15.5. The van der Waals surface area contributed by atoms with Crippen molar-refractivity contribution < 1.29 is 19.5 Å². The first-order chi connectivity index (χ1) is 13.9. The van der Waals surface area contributed by atoms with Crippen molar-refractivity contribution in [2.45, 2.75) is 6.92 Å². The summed E-state index contributed by atoms with van der Waals surface area (Å²) in [5.74, 6) is -1.31. The Morgan fingerprint density at radius 2 is 1.55 bits per heavy atom. The molecule has 1 aromatic heterocycles. The number of aryl methyl sites for hydroxylation is 1. The molecule has 4 amide bonds. The van der Waals surface area contributed by atoms with E-state index in [0.717, 1.165) is 16.2 Å². The van der Waals surface area contributed by atoms with E-state index in [1.807, 2.05) is 6.92 Å². The van der Waals surface area contributed by atoms with E-state index in [-0.39, 0.29) is 11.3 Å². The molecule has 3 aromatic rings. The summed E-state index contributed by atoms with van der Waals surface area (Å²) in [4.78, 5) is 38.6. The molecule has 0 bridgehead atoms. The molecule has 4 rings (SSSR count). The molecule has 0 saturated carbocycles.